The highest BCUT2D eigenvalue weighted by Crippen LogP contribution is 2.15. The highest BCUT2D eigenvalue weighted by molar-refractivity contribution is 7.98. The van der Waals surface area contributed by atoms with E-state index in [0.29, 0.717) is 5.69 Å². The molecule has 0 spiro atoms. The monoisotopic (exact) mass is 240 g/mol. The van der Waals surface area contributed by atoms with Gasteiger partial charge in [-0.3, -0.25) is 0 Å². The summed E-state index contributed by atoms with van der Waals surface area (Å²) in [7, 11) is 0. The first-order valence-electron chi connectivity index (χ1n) is 5.12. The van der Waals surface area contributed by atoms with Crippen LogP contribution in [0.1, 0.15) is 23.8 Å². The summed E-state index contributed by atoms with van der Waals surface area (Å²) in [5, 5.41) is 12.2. The summed E-state index contributed by atoms with van der Waals surface area (Å²) < 4.78 is 0. The molecular weight excluding hydrogens is 224 g/mol. The van der Waals surface area contributed by atoms with Gasteiger partial charge in [0.05, 0.1) is 5.69 Å². The second-order valence-electron chi connectivity index (χ2n) is 3.41. The largest absolute Gasteiger partial charge is 0.476 e. The van der Waals surface area contributed by atoms with Crippen LogP contribution in [0.3, 0.4) is 0 Å². The molecular formula is C11H16N2O2S. The van der Waals surface area contributed by atoms with E-state index in [0.717, 1.165) is 12.2 Å². The van der Waals surface area contributed by atoms with Crippen LogP contribution in [0, 0.1) is 0 Å². The SMILES string of the molecule is CCC(CSC)Nc1cccnc1C(=O)O. The zero-order valence-corrected chi connectivity index (χ0v) is 10.3. The molecule has 0 radical (unpaired) electrons. The van der Waals surface area contributed by atoms with Crippen LogP contribution < -0.4 is 5.32 Å². The molecule has 2 N–H and O–H groups in total. The summed E-state index contributed by atoms with van der Waals surface area (Å²) in [5.74, 6) is -0.0492. The van der Waals surface area contributed by atoms with Crippen LogP contribution in [0.4, 0.5) is 5.69 Å². The predicted octanol–water partition coefficient (Wildman–Crippen LogP) is 2.33. The van der Waals surface area contributed by atoms with Crippen molar-refractivity contribution in [3.8, 4) is 0 Å². The van der Waals surface area contributed by atoms with Gasteiger partial charge in [0.15, 0.2) is 5.69 Å². The van der Waals surface area contributed by atoms with Crippen molar-refractivity contribution in [1.29, 1.82) is 0 Å². The van der Waals surface area contributed by atoms with Gasteiger partial charge in [-0.2, -0.15) is 11.8 Å². The maximum absolute atomic E-state index is 10.9. The van der Waals surface area contributed by atoms with Gasteiger partial charge in [0.25, 0.3) is 0 Å². The molecule has 0 aliphatic heterocycles. The Kier molecular flexibility index (Phi) is 5.11. The summed E-state index contributed by atoms with van der Waals surface area (Å²) >= 11 is 1.74. The lowest BCUT2D eigenvalue weighted by atomic mass is 10.2. The van der Waals surface area contributed by atoms with Crippen molar-refractivity contribution >= 4 is 23.4 Å². The molecule has 0 amide bonds. The van der Waals surface area contributed by atoms with E-state index in [1.54, 1.807) is 23.9 Å². The molecule has 1 unspecified atom stereocenters. The van der Waals surface area contributed by atoms with Gasteiger partial charge in [-0.1, -0.05) is 6.92 Å². The molecule has 4 nitrogen and oxygen atoms in total. The molecule has 0 aromatic carbocycles. The Hall–Kier alpha value is -1.23. The molecule has 1 aromatic rings. The minimum absolute atomic E-state index is 0.0852. The molecule has 0 aliphatic carbocycles. The first-order valence-corrected chi connectivity index (χ1v) is 6.52. The smallest absolute Gasteiger partial charge is 0.356 e. The number of rotatable bonds is 6. The normalized spacial score (nSPS) is 12.1. The van der Waals surface area contributed by atoms with Gasteiger partial charge in [-0.15, -0.1) is 0 Å². The van der Waals surface area contributed by atoms with E-state index in [9.17, 15) is 4.79 Å². The quantitative estimate of drug-likeness (QED) is 0.799. The van der Waals surface area contributed by atoms with E-state index in [2.05, 4.69) is 17.2 Å². The predicted molar refractivity (Wildman–Crippen MR) is 67.3 cm³/mol. The van der Waals surface area contributed by atoms with Gasteiger partial charge in [0.2, 0.25) is 0 Å². The van der Waals surface area contributed by atoms with Crippen molar-refractivity contribution in [3.63, 3.8) is 0 Å². The molecule has 0 fully saturated rings. The minimum atomic E-state index is -0.998. The standard InChI is InChI=1S/C11H16N2O2S/c1-3-8(7-16-2)13-9-5-4-6-12-10(9)11(14)15/h4-6,8,13H,3,7H2,1-2H3,(H,14,15). The van der Waals surface area contributed by atoms with Gasteiger partial charge in [0.1, 0.15) is 0 Å². The van der Waals surface area contributed by atoms with Crippen LogP contribution >= 0.6 is 11.8 Å². The number of thioether (sulfide) groups is 1. The lowest BCUT2D eigenvalue weighted by Gasteiger charge is -2.17. The summed E-state index contributed by atoms with van der Waals surface area (Å²) in [4.78, 5) is 14.8. The molecule has 0 aliphatic rings. The Labute approximate surface area is 99.5 Å². The van der Waals surface area contributed by atoms with Crippen molar-refractivity contribution in [3.05, 3.63) is 24.0 Å². The van der Waals surface area contributed by atoms with E-state index >= 15 is 0 Å². The van der Waals surface area contributed by atoms with Crippen molar-refractivity contribution < 1.29 is 9.90 Å². The number of carboxylic acid groups (broad SMARTS) is 1. The van der Waals surface area contributed by atoms with Gasteiger partial charge in [-0.05, 0) is 24.8 Å². The number of hydrogen-bond donors (Lipinski definition) is 2. The van der Waals surface area contributed by atoms with E-state index in [1.807, 2.05) is 6.26 Å². The third-order valence-electron chi connectivity index (χ3n) is 2.23. The van der Waals surface area contributed by atoms with Crippen LogP contribution in [0.25, 0.3) is 0 Å². The minimum Gasteiger partial charge on any atom is -0.476 e. The van der Waals surface area contributed by atoms with E-state index < -0.39 is 5.97 Å². The number of anilines is 1. The Bertz CT molecular complexity index is 358. The summed E-state index contributed by atoms with van der Waals surface area (Å²) in [6, 6.07) is 3.76. The topological polar surface area (TPSA) is 62.2 Å². The molecule has 0 saturated carbocycles. The Morgan fingerprint density at radius 1 is 1.69 bits per heavy atom. The van der Waals surface area contributed by atoms with Crippen molar-refractivity contribution in [1.82, 2.24) is 4.98 Å². The van der Waals surface area contributed by atoms with E-state index in [1.165, 1.54) is 6.20 Å². The van der Waals surface area contributed by atoms with Crippen molar-refractivity contribution in [2.24, 2.45) is 0 Å². The van der Waals surface area contributed by atoms with Gasteiger partial charge in [-0.25, -0.2) is 9.78 Å². The molecule has 16 heavy (non-hydrogen) atoms. The Morgan fingerprint density at radius 3 is 3.00 bits per heavy atom. The molecule has 0 bridgehead atoms. The summed E-state index contributed by atoms with van der Waals surface area (Å²) in [5.41, 5.74) is 0.679. The lowest BCUT2D eigenvalue weighted by molar-refractivity contribution is 0.0691. The summed E-state index contributed by atoms with van der Waals surface area (Å²) in [6.45, 7) is 2.07. The van der Waals surface area contributed by atoms with Gasteiger partial charge in [0, 0.05) is 18.0 Å². The zero-order valence-electron chi connectivity index (χ0n) is 9.43. The maximum atomic E-state index is 10.9. The third-order valence-corrected chi connectivity index (χ3v) is 2.97. The molecule has 1 atom stereocenters. The molecule has 1 rings (SSSR count). The van der Waals surface area contributed by atoms with Crippen LogP contribution in [-0.4, -0.2) is 34.1 Å². The van der Waals surface area contributed by atoms with Crippen LogP contribution in [-0.2, 0) is 0 Å². The maximum Gasteiger partial charge on any atom is 0.356 e. The van der Waals surface area contributed by atoms with Gasteiger partial charge < -0.3 is 10.4 Å². The molecule has 1 aromatic heterocycles. The average Bonchev–Trinajstić information content (AvgIpc) is 2.29. The second kappa shape index (κ2) is 6.37. The van der Waals surface area contributed by atoms with Crippen molar-refractivity contribution in [2.75, 3.05) is 17.3 Å². The number of carboxylic acids is 1. The molecule has 5 heteroatoms. The molecule has 1 heterocycles. The highest BCUT2D eigenvalue weighted by atomic mass is 32.2. The first-order chi connectivity index (χ1) is 7.69. The number of nitrogens with zero attached hydrogens (tertiary/aromatic N) is 1. The number of nitrogens with one attached hydrogen (secondary N) is 1. The number of aromatic carboxylic acids is 1. The zero-order chi connectivity index (χ0) is 12.0. The van der Waals surface area contributed by atoms with Gasteiger partial charge >= 0.3 is 5.97 Å². The molecule has 88 valence electrons. The van der Waals surface area contributed by atoms with Crippen molar-refractivity contribution in [2.45, 2.75) is 19.4 Å². The van der Waals surface area contributed by atoms with Crippen LogP contribution in [0.5, 0.6) is 0 Å². The molecule has 0 saturated heterocycles. The van der Waals surface area contributed by atoms with E-state index in [4.69, 9.17) is 5.11 Å². The van der Waals surface area contributed by atoms with Crippen LogP contribution in [0.15, 0.2) is 18.3 Å². The second-order valence-corrected chi connectivity index (χ2v) is 4.32. The van der Waals surface area contributed by atoms with E-state index in [-0.39, 0.29) is 11.7 Å². The number of aromatic nitrogens is 1. The Balaban J connectivity index is 2.82. The fraction of sp³-hybridized carbons (Fsp3) is 0.455. The summed E-state index contributed by atoms with van der Waals surface area (Å²) in [6.07, 6.45) is 4.48. The highest BCUT2D eigenvalue weighted by Gasteiger charge is 2.13. The average molecular weight is 240 g/mol. The first kappa shape index (κ1) is 12.8. The Morgan fingerprint density at radius 2 is 2.44 bits per heavy atom. The fourth-order valence-corrected chi connectivity index (χ4v) is 2.10. The third kappa shape index (κ3) is 3.41. The number of pyridine rings is 1. The van der Waals surface area contributed by atoms with Crippen LogP contribution in [0.2, 0.25) is 0 Å². The fourth-order valence-electron chi connectivity index (χ4n) is 1.37. The lowest BCUT2D eigenvalue weighted by Crippen LogP contribution is -2.23. The number of hydrogen-bond acceptors (Lipinski definition) is 4. The number of carbonyl (C=O) groups is 1.